The molecule has 0 aliphatic carbocycles. The van der Waals surface area contributed by atoms with Gasteiger partial charge >= 0.3 is 0 Å². The number of aromatic nitrogens is 4. The van der Waals surface area contributed by atoms with Crippen LogP contribution < -0.4 is 15.2 Å². The Balaban J connectivity index is 1.67. The zero-order valence-electron chi connectivity index (χ0n) is 15.8. The number of hydrogen-bond acceptors (Lipinski definition) is 6. The lowest BCUT2D eigenvalue weighted by Gasteiger charge is -2.32. The Morgan fingerprint density at radius 3 is 2.81 bits per heavy atom. The number of benzene rings is 1. The molecule has 0 bridgehead atoms. The van der Waals surface area contributed by atoms with Crippen LogP contribution in [0.4, 0.5) is 5.95 Å². The number of piperidine rings is 1. The first-order chi connectivity index (χ1) is 13.0. The van der Waals surface area contributed by atoms with Crippen molar-refractivity contribution in [1.82, 2.24) is 19.9 Å². The van der Waals surface area contributed by atoms with E-state index in [0.29, 0.717) is 5.82 Å². The fraction of sp³-hybridized carbons (Fsp3) is 0.400. The van der Waals surface area contributed by atoms with E-state index in [9.17, 15) is 4.79 Å². The standard InChI is InChI=1S/C20H23N5O2/c1-12-16-7-6-15(27-3)9-18(16)24-20(21-12)25-8-4-5-14(11-25)17-10-19(26)23-13(2)22-17/h6-7,9-10,14H,4-5,8,11H2,1-3H3,(H,22,23,26)/t14-/m1/s1. The number of nitrogens with zero attached hydrogens (tertiary/aromatic N) is 4. The Labute approximate surface area is 157 Å². The first-order valence-corrected chi connectivity index (χ1v) is 9.18. The van der Waals surface area contributed by atoms with Gasteiger partial charge in [-0.2, -0.15) is 0 Å². The summed E-state index contributed by atoms with van der Waals surface area (Å²) in [6.07, 6.45) is 2.02. The van der Waals surface area contributed by atoms with Gasteiger partial charge in [-0.25, -0.2) is 15.0 Å². The van der Waals surface area contributed by atoms with Crippen LogP contribution >= 0.6 is 0 Å². The van der Waals surface area contributed by atoms with Crippen molar-refractivity contribution in [3.05, 3.63) is 51.8 Å². The maximum Gasteiger partial charge on any atom is 0.251 e. The van der Waals surface area contributed by atoms with E-state index >= 15 is 0 Å². The highest BCUT2D eigenvalue weighted by Gasteiger charge is 2.25. The maximum absolute atomic E-state index is 11.8. The first kappa shape index (κ1) is 17.5. The van der Waals surface area contributed by atoms with Crippen LogP contribution in [0, 0.1) is 13.8 Å². The molecule has 0 spiro atoms. The molecule has 3 heterocycles. The SMILES string of the molecule is COc1ccc2c(C)nc(N3CCC[C@@H](c4cc(=O)[nH]c(C)n4)C3)nc2c1. The summed E-state index contributed by atoms with van der Waals surface area (Å²) in [6, 6.07) is 7.47. The number of ether oxygens (including phenoxy) is 1. The zero-order chi connectivity index (χ0) is 19.0. The van der Waals surface area contributed by atoms with E-state index in [4.69, 9.17) is 14.7 Å². The minimum absolute atomic E-state index is 0.0977. The summed E-state index contributed by atoms with van der Waals surface area (Å²) in [6.45, 7) is 5.47. The Hall–Kier alpha value is -2.96. The second-order valence-electron chi connectivity index (χ2n) is 7.03. The minimum Gasteiger partial charge on any atom is -0.497 e. The van der Waals surface area contributed by atoms with E-state index in [1.165, 1.54) is 0 Å². The summed E-state index contributed by atoms with van der Waals surface area (Å²) in [7, 11) is 1.65. The van der Waals surface area contributed by atoms with Gasteiger partial charge in [-0.15, -0.1) is 0 Å². The van der Waals surface area contributed by atoms with Gasteiger partial charge in [0.1, 0.15) is 11.6 Å². The number of methoxy groups -OCH3 is 1. The molecule has 7 nitrogen and oxygen atoms in total. The summed E-state index contributed by atoms with van der Waals surface area (Å²) in [5.41, 5.74) is 2.58. The molecule has 2 aromatic heterocycles. The van der Waals surface area contributed by atoms with E-state index in [2.05, 4.69) is 14.9 Å². The molecule has 3 aromatic rings. The van der Waals surface area contributed by atoms with Crippen LogP contribution in [-0.4, -0.2) is 40.1 Å². The van der Waals surface area contributed by atoms with Gasteiger partial charge in [-0.3, -0.25) is 4.79 Å². The second-order valence-corrected chi connectivity index (χ2v) is 7.03. The molecule has 1 saturated heterocycles. The van der Waals surface area contributed by atoms with Gasteiger partial charge in [0.15, 0.2) is 0 Å². The topological polar surface area (TPSA) is 84.0 Å². The number of fused-ring (bicyclic) bond motifs is 1. The normalized spacial score (nSPS) is 17.3. The van der Waals surface area contributed by atoms with Crippen LogP contribution in [0.25, 0.3) is 10.9 Å². The number of aromatic amines is 1. The molecule has 1 aliphatic heterocycles. The van der Waals surface area contributed by atoms with Gasteiger partial charge in [0, 0.05) is 36.5 Å². The van der Waals surface area contributed by atoms with Gasteiger partial charge in [0.2, 0.25) is 5.95 Å². The molecule has 1 aromatic carbocycles. The van der Waals surface area contributed by atoms with Crippen molar-refractivity contribution >= 4 is 16.9 Å². The van der Waals surface area contributed by atoms with Crippen LogP contribution in [0.5, 0.6) is 5.75 Å². The molecule has 140 valence electrons. The molecule has 1 aliphatic rings. The molecule has 1 fully saturated rings. The summed E-state index contributed by atoms with van der Waals surface area (Å²) in [5.74, 6) is 2.36. The van der Waals surface area contributed by atoms with E-state index in [0.717, 1.165) is 59.9 Å². The van der Waals surface area contributed by atoms with Crippen molar-refractivity contribution in [1.29, 1.82) is 0 Å². The fourth-order valence-electron chi connectivity index (χ4n) is 3.73. The van der Waals surface area contributed by atoms with Crippen molar-refractivity contribution in [3.63, 3.8) is 0 Å². The van der Waals surface area contributed by atoms with Gasteiger partial charge in [0.25, 0.3) is 5.56 Å². The number of rotatable bonds is 3. The average Bonchev–Trinajstić information content (AvgIpc) is 2.66. The Morgan fingerprint density at radius 1 is 1.19 bits per heavy atom. The van der Waals surface area contributed by atoms with E-state index in [-0.39, 0.29) is 11.5 Å². The summed E-state index contributed by atoms with van der Waals surface area (Å²) in [4.78, 5) is 30.8. The largest absolute Gasteiger partial charge is 0.497 e. The molecule has 0 amide bonds. The molecule has 1 N–H and O–H groups in total. The predicted octanol–water partition coefficient (Wildman–Crippen LogP) is 2.72. The molecule has 27 heavy (non-hydrogen) atoms. The van der Waals surface area contributed by atoms with Crippen molar-refractivity contribution in [3.8, 4) is 5.75 Å². The Morgan fingerprint density at radius 2 is 2.04 bits per heavy atom. The number of hydrogen-bond donors (Lipinski definition) is 1. The lowest BCUT2D eigenvalue weighted by molar-refractivity contribution is 0.415. The molecule has 4 rings (SSSR count). The summed E-state index contributed by atoms with van der Waals surface area (Å²) < 4.78 is 5.33. The molecule has 0 radical (unpaired) electrons. The molecule has 0 saturated carbocycles. The lowest BCUT2D eigenvalue weighted by atomic mass is 9.94. The Bertz CT molecular complexity index is 1050. The van der Waals surface area contributed by atoms with Crippen LogP contribution in [0.1, 0.15) is 36.0 Å². The highest BCUT2D eigenvalue weighted by atomic mass is 16.5. The van der Waals surface area contributed by atoms with Crippen molar-refractivity contribution < 1.29 is 4.74 Å². The van der Waals surface area contributed by atoms with Gasteiger partial charge < -0.3 is 14.6 Å². The minimum atomic E-state index is -0.0977. The molecular formula is C20H23N5O2. The van der Waals surface area contributed by atoms with Crippen molar-refractivity contribution in [2.24, 2.45) is 0 Å². The fourth-order valence-corrected chi connectivity index (χ4v) is 3.73. The van der Waals surface area contributed by atoms with Crippen LogP contribution in [0.15, 0.2) is 29.1 Å². The van der Waals surface area contributed by atoms with Gasteiger partial charge in [-0.05, 0) is 38.8 Å². The van der Waals surface area contributed by atoms with Crippen molar-refractivity contribution in [2.75, 3.05) is 25.1 Å². The molecular weight excluding hydrogens is 342 g/mol. The third-order valence-electron chi connectivity index (χ3n) is 5.09. The van der Waals surface area contributed by atoms with E-state index in [1.807, 2.05) is 32.0 Å². The Kier molecular flexibility index (Phi) is 4.51. The molecule has 0 unspecified atom stereocenters. The highest BCUT2D eigenvalue weighted by Crippen LogP contribution is 2.29. The lowest BCUT2D eigenvalue weighted by Crippen LogP contribution is -2.36. The number of aryl methyl sites for hydroxylation is 2. The molecule has 7 heteroatoms. The summed E-state index contributed by atoms with van der Waals surface area (Å²) in [5, 5.41) is 1.03. The summed E-state index contributed by atoms with van der Waals surface area (Å²) >= 11 is 0. The quantitative estimate of drug-likeness (QED) is 0.768. The van der Waals surface area contributed by atoms with E-state index in [1.54, 1.807) is 13.2 Å². The van der Waals surface area contributed by atoms with Crippen LogP contribution in [0.2, 0.25) is 0 Å². The third kappa shape index (κ3) is 3.49. The second kappa shape index (κ2) is 6.98. The predicted molar refractivity (Wildman–Crippen MR) is 105 cm³/mol. The van der Waals surface area contributed by atoms with E-state index < -0.39 is 0 Å². The third-order valence-corrected chi connectivity index (χ3v) is 5.09. The van der Waals surface area contributed by atoms with Gasteiger partial charge in [-0.1, -0.05) is 0 Å². The first-order valence-electron chi connectivity index (χ1n) is 9.18. The average molecular weight is 365 g/mol. The highest BCUT2D eigenvalue weighted by molar-refractivity contribution is 5.83. The number of nitrogens with one attached hydrogen (secondary N) is 1. The smallest absolute Gasteiger partial charge is 0.251 e. The monoisotopic (exact) mass is 365 g/mol. The molecule has 1 atom stereocenters. The van der Waals surface area contributed by atoms with Crippen LogP contribution in [0.3, 0.4) is 0 Å². The maximum atomic E-state index is 11.8. The number of anilines is 1. The van der Waals surface area contributed by atoms with Crippen LogP contribution in [-0.2, 0) is 0 Å². The van der Waals surface area contributed by atoms with Gasteiger partial charge in [0.05, 0.1) is 24.0 Å². The zero-order valence-corrected chi connectivity index (χ0v) is 15.8. The van der Waals surface area contributed by atoms with Crippen molar-refractivity contribution in [2.45, 2.75) is 32.6 Å². The number of H-pyrrole nitrogens is 1.